The molecule has 2 aromatic heterocycles. The zero-order valence-corrected chi connectivity index (χ0v) is 14.1. The first kappa shape index (κ1) is 15.6. The molecule has 3 heterocycles. The van der Waals surface area contributed by atoms with Gasteiger partial charge in [-0.05, 0) is 24.6 Å². The summed E-state index contributed by atoms with van der Waals surface area (Å²) in [6.07, 6.45) is 5.35. The van der Waals surface area contributed by atoms with Gasteiger partial charge >= 0.3 is 0 Å². The number of hydrogen-bond acceptors (Lipinski definition) is 3. The van der Waals surface area contributed by atoms with Crippen LogP contribution in [0, 0.1) is 12.7 Å². The molecule has 1 amide bonds. The monoisotopic (exact) mass is 339 g/mol. The van der Waals surface area contributed by atoms with Gasteiger partial charge in [0.1, 0.15) is 5.82 Å². The van der Waals surface area contributed by atoms with Gasteiger partial charge in [0.05, 0.1) is 37.3 Å². The maximum atomic E-state index is 13.8. The molecule has 0 aliphatic carbocycles. The zero-order valence-electron chi connectivity index (χ0n) is 14.1. The number of halogens is 1. The molecule has 0 saturated carbocycles. The summed E-state index contributed by atoms with van der Waals surface area (Å²) >= 11 is 0. The minimum atomic E-state index is -0.356. The first-order valence-corrected chi connectivity index (χ1v) is 8.07. The molecule has 1 aliphatic heterocycles. The van der Waals surface area contributed by atoms with Crippen molar-refractivity contribution in [2.75, 3.05) is 0 Å². The molecule has 0 N–H and O–H groups in total. The van der Waals surface area contributed by atoms with Crippen molar-refractivity contribution in [1.29, 1.82) is 0 Å². The van der Waals surface area contributed by atoms with Crippen molar-refractivity contribution in [1.82, 2.24) is 24.2 Å². The van der Waals surface area contributed by atoms with Gasteiger partial charge in [-0.25, -0.2) is 9.37 Å². The van der Waals surface area contributed by atoms with Crippen LogP contribution in [0.1, 0.15) is 32.9 Å². The molecular weight excluding hydrogens is 321 g/mol. The topological polar surface area (TPSA) is 56.0 Å². The van der Waals surface area contributed by atoms with Crippen LogP contribution < -0.4 is 0 Å². The Morgan fingerprint density at radius 3 is 2.88 bits per heavy atom. The SMILES string of the molecule is Cc1ccc(C(=O)N2Cc3c(Cn4ccnc4)nn(C)c3C2)cc1F. The third kappa shape index (κ3) is 2.71. The molecule has 1 aliphatic rings. The predicted octanol–water partition coefficient (Wildman–Crippen LogP) is 2.27. The Bertz CT molecular complexity index is 945. The summed E-state index contributed by atoms with van der Waals surface area (Å²) in [6.45, 7) is 3.27. The number of imidazole rings is 1. The number of hydrogen-bond donors (Lipinski definition) is 0. The minimum absolute atomic E-state index is 0.163. The van der Waals surface area contributed by atoms with E-state index in [-0.39, 0.29) is 11.7 Å². The lowest BCUT2D eigenvalue weighted by Crippen LogP contribution is -2.26. The molecule has 0 radical (unpaired) electrons. The molecule has 4 rings (SSSR count). The number of amides is 1. The number of nitrogens with zero attached hydrogens (tertiary/aromatic N) is 5. The maximum absolute atomic E-state index is 13.8. The number of aromatic nitrogens is 4. The van der Waals surface area contributed by atoms with Gasteiger partial charge in [0.2, 0.25) is 0 Å². The van der Waals surface area contributed by atoms with E-state index in [9.17, 15) is 9.18 Å². The van der Waals surface area contributed by atoms with Gasteiger partial charge in [0, 0.05) is 30.6 Å². The van der Waals surface area contributed by atoms with Gasteiger partial charge in [-0.2, -0.15) is 5.10 Å². The van der Waals surface area contributed by atoms with E-state index in [1.807, 2.05) is 22.5 Å². The van der Waals surface area contributed by atoms with E-state index in [2.05, 4.69) is 10.1 Å². The molecular formula is C18H18FN5O. The third-order valence-electron chi connectivity index (χ3n) is 4.65. The smallest absolute Gasteiger partial charge is 0.254 e. The lowest BCUT2D eigenvalue weighted by atomic mass is 10.1. The molecule has 25 heavy (non-hydrogen) atoms. The van der Waals surface area contributed by atoms with E-state index in [1.54, 1.807) is 36.5 Å². The van der Waals surface area contributed by atoms with Crippen molar-refractivity contribution in [3.63, 3.8) is 0 Å². The van der Waals surface area contributed by atoms with Crippen LogP contribution in [0.2, 0.25) is 0 Å². The number of carbonyl (C=O) groups excluding carboxylic acids is 1. The van der Waals surface area contributed by atoms with E-state index in [0.717, 1.165) is 17.0 Å². The van der Waals surface area contributed by atoms with Crippen molar-refractivity contribution in [2.45, 2.75) is 26.6 Å². The Labute approximate surface area is 144 Å². The van der Waals surface area contributed by atoms with Crippen LogP contribution in [0.3, 0.4) is 0 Å². The Morgan fingerprint density at radius 2 is 2.16 bits per heavy atom. The van der Waals surface area contributed by atoms with E-state index >= 15 is 0 Å². The Kier molecular flexibility index (Phi) is 3.63. The fraction of sp³-hybridized carbons (Fsp3) is 0.278. The standard InChI is InChI=1S/C18H18FN5O/c1-12-3-4-13(7-15(12)19)18(25)24-8-14-16(9-23-6-5-20-11-23)21-22(2)17(14)10-24/h3-7,11H,8-10H2,1-2H3. The summed E-state index contributed by atoms with van der Waals surface area (Å²) in [5.74, 6) is -0.520. The summed E-state index contributed by atoms with van der Waals surface area (Å²) in [4.78, 5) is 18.5. The summed E-state index contributed by atoms with van der Waals surface area (Å²) in [7, 11) is 1.88. The van der Waals surface area contributed by atoms with Gasteiger partial charge in [-0.15, -0.1) is 0 Å². The summed E-state index contributed by atoms with van der Waals surface area (Å²) in [6, 6.07) is 4.62. The molecule has 3 aromatic rings. The molecule has 128 valence electrons. The molecule has 0 unspecified atom stereocenters. The average molecular weight is 339 g/mol. The molecule has 0 fully saturated rings. The number of fused-ring (bicyclic) bond motifs is 1. The lowest BCUT2D eigenvalue weighted by molar-refractivity contribution is 0.0747. The van der Waals surface area contributed by atoms with Gasteiger partial charge in [0.15, 0.2) is 0 Å². The first-order chi connectivity index (χ1) is 12.0. The highest BCUT2D eigenvalue weighted by Gasteiger charge is 2.30. The molecule has 6 nitrogen and oxygen atoms in total. The van der Waals surface area contributed by atoms with Crippen LogP contribution in [0.4, 0.5) is 4.39 Å². The Hall–Kier alpha value is -2.96. The van der Waals surface area contributed by atoms with E-state index < -0.39 is 0 Å². The van der Waals surface area contributed by atoms with Crippen LogP contribution in [0.5, 0.6) is 0 Å². The van der Waals surface area contributed by atoms with Crippen LogP contribution in [0.25, 0.3) is 0 Å². The minimum Gasteiger partial charge on any atom is -0.331 e. The van der Waals surface area contributed by atoms with Gasteiger partial charge < -0.3 is 9.47 Å². The molecule has 7 heteroatoms. The first-order valence-electron chi connectivity index (χ1n) is 8.07. The van der Waals surface area contributed by atoms with E-state index in [1.165, 1.54) is 6.07 Å². The number of carbonyl (C=O) groups is 1. The fourth-order valence-corrected chi connectivity index (χ4v) is 3.20. The van der Waals surface area contributed by atoms with Crippen molar-refractivity contribution in [3.8, 4) is 0 Å². The van der Waals surface area contributed by atoms with Crippen LogP contribution in [0.15, 0.2) is 36.9 Å². The van der Waals surface area contributed by atoms with E-state index in [4.69, 9.17) is 0 Å². The number of rotatable bonds is 3. The molecule has 0 saturated heterocycles. The lowest BCUT2D eigenvalue weighted by Gasteiger charge is -2.16. The number of aryl methyl sites for hydroxylation is 2. The second-order valence-electron chi connectivity index (χ2n) is 6.36. The van der Waals surface area contributed by atoms with Crippen molar-refractivity contribution in [3.05, 3.63) is 70.8 Å². The van der Waals surface area contributed by atoms with Crippen molar-refractivity contribution < 1.29 is 9.18 Å². The highest BCUT2D eigenvalue weighted by Crippen LogP contribution is 2.27. The largest absolute Gasteiger partial charge is 0.331 e. The molecule has 1 aromatic carbocycles. The van der Waals surface area contributed by atoms with Crippen molar-refractivity contribution >= 4 is 5.91 Å². The van der Waals surface area contributed by atoms with Crippen LogP contribution in [-0.2, 0) is 26.7 Å². The zero-order chi connectivity index (χ0) is 17.6. The van der Waals surface area contributed by atoms with Crippen molar-refractivity contribution in [2.24, 2.45) is 7.05 Å². The highest BCUT2D eigenvalue weighted by molar-refractivity contribution is 5.94. The second-order valence-corrected chi connectivity index (χ2v) is 6.36. The fourth-order valence-electron chi connectivity index (χ4n) is 3.20. The molecule has 0 atom stereocenters. The Morgan fingerprint density at radius 1 is 1.32 bits per heavy atom. The van der Waals surface area contributed by atoms with Gasteiger partial charge in [0.25, 0.3) is 5.91 Å². The van der Waals surface area contributed by atoms with Gasteiger partial charge in [-0.1, -0.05) is 6.07 Å². The quantitative estimate of drug-likeness (QED) is 0.735. The van der Waals surface area contributed by atoms with Gasteiger partial charge in [-0.3, -0.25) is 9.48 Å². The third-order valence-corrected chi connectivity index (χ3v) is 4.65. The number of benzene rings is 1. The highest BCUT2D eigenvalue weighted by atomic mass is 19.1. The van der Waals surface area contributed by atoms with Crippen LogP contribution in [-0.4, -0.2) is 30.1 Å². The molecule has 0 spiro atoms. The average Bonchev–Trinajstić information content (AvgIpc) is 3.29. The van der Waals surface area contributed by atoms with E-state index in [0.29, 0.717) is 30.8 Å². The van der Waals surface area contributed by atoms with Crippen LogP contribution >= 0.6 is 0 Å². The molecule has 0 bridgehead atoms. The second kappa shape index (κ2) is 5.84. The summed E-state index contributed by atoms with van der Waals surface area (Å²) < 4.78 is 17.5. The summed E-state index contributed by atoms with van der Waals surface area (Å²) in [5.41, 5.74) is 3.93. The summed E-state index contributed by atoms with van der Waals surface area (Å²) in [5, 5.41) is 4.57. The Balaban J connectivity index is 1.58. The normalized spacial score (nSPS) is 13.3. The maximum Gasteiger partial charge on any atom is 0.254 e. The predicted molar refractivity (Wildman–Crippen MR) is 89.3 cm³/mol.